The van der Waals surface area contributed by atoms with Crippen molar-refractivity contribution in [3.8, 4) is 5.75 Å². The van der Waals surface area contributed by atoms with Gasteiger partial charge in [-0.2, -0.15) is 8.78 Å². The van der Waals surface area contributed by atoms with E-state index in [0.717, 1.165) is 13.1 Å². The molecule has 1 aromatic rings. The van der Waals surface area contributed by atoms with Gasteiger partial charge in [0.25, 0.3) is 0 Å². The maximum absolute atomic E-state index is 12.5. The van der Waals surface area contributed by atoms with E-state index in [1.807, 2.05) is 0 Å². The number of hydrogen-bond acceptors (Lipinski definition) is 3. The van der Waals surface area contributed by atoms with Gasteiger partial charge in [0, 0.05) is 37.3 Å². The van der Waals surface area contributed by atoms with Crippen molar-refractivity contribution >= 4 is 17.6 Å². The second kappa shape index (κ2) is 10.5. The summed E-state index contributed by atoms with van der Waals surface area (Å²) in [5.74, 6) is 1.20. The minimum atomic E-state index is -2.88. The molecule has 1 saturated heterocycles. The highest BCUT2D eigenvalue weighted by atomic mass is 35.5. The zero-order valence-corrected chi connectivity index (χ0v) is 16.0. The third-order valence-electron chi connectivity index (χ3n) is 4.30. The fourth-order valence-electron chi connectivity index (χ4n) is 3.04. The van der Waals surface area contributed by atoms with E-state index in [1.54, 1.807) is 13.1 Å². The summed E-state index contributed by atoms with van der Waals surface area (Å²) in [6.45, 7) is 3.81. The van der Waals surface area contributed by atoms with Crippen LogP contribution in [0.15, 0.2) is 23.2 Å². The van der Waals surface area contributed by atoms with Crippen LogP contribution in [0.25, 0.3) is 0 Å². The summed E-state index contributed by atoms with van der Waals surface area (Å²) in [6.07, 6.45) is 2.57. The molecule has 1 fully saturated rings. The molecule has 0 amide bonds. The SMILES string of the molecule is CN=C(NCc1cc(Cl)ccc1OC(F)F)NCC(C)CN1CCCC1. The van der Waals surface area contributed by atoms with Crippen molar-refractivity contribution in [2.45, 2.75) is 32.9 Å². The predicted octanol–water partition coefficient (Wildman–Crippen LogP) is 3.34. The third kappa shape index (κ3) is 6.96. The summed E-state index contributed by atoms with van der Waals surface area (Å²) in [7, 11) is 1.68. The Bertz CT molecular complexity index is 595. The number of rotatable bonds is 8. The van der Waals surface area contributed by atoms with Gasteiger partial charge in [0.2, 0.25) is 0 Å². The number of nitrogens with zero attached hydrogens (tertiary/aromatic N) is 2. The van der Waals surface area contributed by atoms with Crippen LogP contribution in [0, 0.1) is 5.92 Å². The Morgan fingerprint density at radius 2 is 2.04 bits per heavy atom. The highest BCUT2D eigenvalue weighted by Crippen LogP contribution is 2.24. The molecule has 1 aliphatic rings. The van der Waals surface area contributed by atoms with Crippen molar-refractivity contribution in [2.75, 3.05) is 33.2 Å². The number of guanidine groups is 1. The molecule has 1 heterocycles. The molecule has 1 aromatic carbocycles. The van der Waals surface area contributed by atoms with E-state index in [1.165, 1.54) is 38.1 Å². The molecule has 26 heavy (non-hydrogen) atoms. The number of nitrogens with one attached hydrogen (secondary N) is 2. The molecule has 1 atom stereocenters. The second-order valence-corrected chi connectivity index (χ2v) is 6.99. The Morgan fingerprint density at radius 1 is 1.31 bits per heavy atom. The number of benzene rings is 1. The molecule has 146 valence electrons. The maximum Gasteiger partial charge on any atom is 0.387 e. The largest absolute Gasteiger partial charge is 0.434 e. The summed E-state index contributed by atoms with van der Waals surface area (Å²) >= 11 is 5.96. The molecular weight excluding hydrogens is 362 g/mol. The highest BCUT2D eigenvalue weighted by Gasteiger charge is 2.15. The molecule has 0 saturated carbocycles. The quantitative estimate of drug-likeness (QED) is 0.529. The number of halogens is 3. The van der Waals surface area contributed by atoms with E-state index in [-0.39, 0.29) is 12.3 Å². The van der Waals surface area contributed by atoms with Crippen LogP contribution >= 0.6 is 11.6 Å². The molecule has 2 rings (SSSR count). The number of likely N-dealkylation sites (tertiary alicyclic amines) is 1. The number of ether oxygens (including phenoxy) is 1. The van der Waals surface area contributed by atoms with Gasteiger partial charge < -0.3 is 20.3 Å². The van der Waals surface area contributed by atoms with Crippen LogP contribution in [0.2, 0.25) is 5.02 Å². The van der Waals surface area contributed by atoms with Crippen LogP contribution in [0.4, 0.5) is 8.78 Å². The first-order valence-corrected chi connectivity index (χ1v) is 9.26. The first-order valence-electron chi connectivity index (χ1n) is 8.88. The van der Waals surface area contributed by atoms with Gasteiger partial charge in [-0.05, 0) is 50.0 Å². The molecule has 0 radical (unpaired) electrons. The van der Waals surface area contributed by atoms with Crippen LogP contribution in [0.1, 0.15) is 25.3 Å². The van der Waals surface area contributed by atoms with Gasteiger partial charge in [-0.3, -0.25) is 4.99 Å². The minimum absolute atomic E-state index is 0.106. The Hall–Kier alpha value is -1.60. The normalized spacial score (nSPS) is 16.8. The zero-order valence-electron chi connectivity index (χ0n) is 15.3. The standard InChI is InChI=1S/C18H27ClF2N4O/c1-13(12-25-7-3-4-8-25)10-23-18(22-2)24-11-14-9-15(19)5-6-16(14)26-17(20)21/h5-6,9,13,17H,3-4,7-8,10-12H2,1-2H3,(H2,22,23,24). The van der Waals surface area contributed by atoms with Crippen LogP contribution in [0.3, 0.4) is 0 Å². The monoisotopic (exact) mass is 388 g/mol. The number of alkyl halides is 2. The number of aliphatic imine (C=N–C) groups is 1. The zero-order chi connectivity index (χ0) is 18.9. The number of hydrogen-bond donors (Lipinski definition) is 2. The van der Waals surface area contributed by atoms with Gasteiger partial charge >= 0.3 is 6.61 Å². The molecule has 5 nitrogen and oxygen atoms in total. The van der Waals surface area contributed by atoms with E-state index < -0.39 is 6.61 Å². The molecule has 2 N–H and O–H groups in total. The summed E-state index contributed by atoms with van der Waals surface area (Å²) < 4.78 is 29.6. The summed E-state index contributed by atoms with van der Waals surface area (Å²) in [6, 6.07) is 4.57. The maximum atomic E-state index is 12.5. The van der Waals surface area contributed by atoms with Crippen molar-refractivity contribution in [3.63, 3.8) is 0 Å². The Kier molecular flexibility index (Phi) is 8.38. The first-order chi connectivity index (χ1) is 12.5. The van der Waals surface area contributed by atoms with Crippen LogP contribution < -0.4 is 15.4 Å². The van der Waals surface area contributed by atoms with Gasteiger partial charge in [0.15, 0.2) is 5.96 Å². The fraction of sp³-hybridized carbons (Fsp3) is 0.611. The van der Waals surface area contributed by atoms with Crippen molar-refractivity contribution in [1.29, 1.82) is 0 Å². The van der Waals surface area contributed by atoms with Gasteiger partial charge in [-0.25, -0.2) is 0 Å². The second-order valence-electron chi connectivity index (χ2n) is 6.55. The van der Waals surface area contributed by atoms with Crippen molar-refractivity contribution in [2.24, 2.45) is 10.9 Å². The molecule has 1 aliphatic heterocycles. The molecule has 8 heteroatoms. The molecular formula is C18H27ClF2N4O. The molecule has 0 aromatic heterocycles. The Morgan fingerprint density at radius 3 is 2.69 bits per heavy atom. The van der Waals surface area contributed by atoms with Gasteiger partial charge in [-0.1, -0.05) is 18.5 Å². The van der Waals surface area contributed by atoms with Crippen LogP contribution in [0.5, 0.6) is 5.75 Å². The average molecular weight is 389 g/mol. The van der Waals surface area contributed by atoms with E-state index in [9.17, 15) is 8.78 Å². The highest BCUT2D eigenvalue weighted by molar-refractivity contribution is 6.30. The first kappa shape index (κ1) is 20.7. The van der Waals surface area contributed by atoms with Crippen molar-refractivity contribution < 1.29 is 13.5 Å². The van der Waals surface area contributed by atoms with E-state index >= 15 is 0 Å². The lowest BCUT2D eigenvalue weighted by Crippen LogP contribution is -2.41. The van der Waals surface area contributed by atoms with Crippen LogP contribution in [-0.4, -0.2) is 50.7 Å². The molecule has 0 bridgehead atoms. The van der Waals surface area contributed by atoms with E-state index in [0.29, 0.717) is 22.5 Å². The topological polar surface area (TPSA) is 48.9 Å². The average Bonchev–Trinajstić information content (AvgIpc) is 3.09. The lowest BCUT2D eigenvalue weighted by Gasteiger charge is -2.21. The van der Waals surface area contributed by atoms with E-state index in [2.05, 4.69) is 32.2 Å². The molecule has 1 unspecified atom stereocenters. The van der Waals surface area contributed by atoms with Crippen molar-refractivity contribution in [3.05, 3.63) is 28.8 Å². The lowest BCUT2D eigenvalue weighted by atomic mass is 10.1. The lowest BCUT2D eigenvalue weighted by molar-refractivity contribution is -0.0504. The molecule has 0 aliphatic carbocycles. The minimum Gasteiger partial charge on any atom is -0.434 e. The van der Waals surface area contributed by atoms with Gasteiger partial charge in [0.05, 0.1) is 0 Å². The Labute approximate surface area is 158 Å². The predicted molar refractivity (Wildman–Crippen MR) is 101 cm³/mol. The summed E-state index contributed by atoms with van der Waals surface area (Å²) in [4.78, 5) is 6.65. The van der Waals surface area contributed by atoms with Gasteiger partial charge in [0.1, 0.15) is 5.75 Å². The smallest absolute Gasteiger partial charge is 0.387 e. The van der Waals surface area contributed by atoms with Crippen molar-refractivity contribution in [1.82, 2.24) is 15.5 Å². The Balaban J connectivity index is 1.83. The van der Waals surface area contributed by atoms with E-state index in [4.69, 9.17) is 11.6 Å². The molecule has 0 spiro atoms. The fourth-order valence-corrected chi connectivity index (χ4v) is 3.23. The summed E-state index contributed by atoms with van der Waals surface area (Å²) in [5, 5.41) is 6.86. The van der Waals surface area contributed by atoms with Gasteiger partial charge in [-0.15, -0.1) is 0 Å². The third-order valence-corrected chi connectivity index (χ3v) is 4.53. The van der Waals surface area contributed by atoms with Crippen LogP contribution in [-0.2, 0) is 6.54 Å². The summed E-state index contributed by atoms with van der Waals surface area (Å²) in [5.41, 5.74) is 0.547.